The number of carbonyl (C=O) groups excluding carboxylic acids is 1. The minimum atomic E-state index is -4.02. The third kappa shape index (κ3) is 3.02. The number of rotatable bonds is 3. The number of benzene rings is 2. The maximum absolute atomic E-state index is 12.7. The summed E-state index contributed by atoms with van der Waals surface area (Å²) in [4.78, 5) is 12.0. The Balaban J connectivity index is 1.95. The van der Waals surface area contributed by atoms with Gasteiger partial charge in [-0.25, -0.2) is 17.5 Å². The van der Waals surface area contributed by atoms with Gasteiger partial charge >= 0.3 is 6.03 Å². The van der Waals surface area contributed by atoms with Crippen LogP contribution in [0.15, 0.2) is 47.4 Å². The fourth-order valence-electron chi connectivity index (χ4n) is 2.41. The Morgan fingerprint density at radius 2 is 1.78 bits per heavy atom. The number of carbonyl (C=O) groups is 1. The summed E-state index contributed by atoms with van der Waals surface area (Å²) in [6.07, 6.45) is 0.411. The van der Waals surface area contributed by atoms with Crippen LogP contribution in [-0.4, -0.2) is 25.3 Å². The van der Waals surface area contributed by atoms with Crippen LogP contribution >= 0.6 is 23.2 Å². The summed E-state index contributed by atoms with van der Waals surface area (Å²) in [5.74, 6) is 0. The van der Waals surface area contributed by atoms with Gasteiger partial charge in [0, 0.05) is 11.6 Å². The molecule has 0 saturated heterocycles. The first-order valence-electron chi connectivity index (χ1n) is 6.76. The van der Waals surface area contributed by atoms with E-state index in [0.717, 1.165) is 9.87 Å². The minimum absolute atomic E-state index is 0.0165. The molecule has 2 aromatic carbocycles. The summed E-state index contributed by atoms with van der Waals surface area (Å²) in [6, 6.07) is 11.3. The fourth-order valence-corrected chi connectivity index (χ4v) is 4.70. The van der Waals surface area contributed by atoms with Gasteiger partial charge in [-0.2, -0.15) is 0 Å². The molecule has 0 spiro atoms. The summed E-state index contributed by atoms with van der Waals surface area (Å²) >= 11 is 11.9. The highest BCUT2D eigenvalue weighted by Gasteiger charge is 2.38. The van der Waals surface area contributed by atoms with E-state index in [1.807, 2.05) is 30.3 Å². The molecule has 3 rings (SSSR count). The Kier molecular flexibility index (Phi) is 4.23. The normalized spacial score (nSPS) is 15.9. The highest BCUT2D eigenvalue weighted by atomic mass is 35.5. The molecule has 0 bridgehead atoms. The Labute approximate surface area is 143 Å². The molecule has 2 aromatic rings. The van der Waals surface area contributed by atoms with Gasteiger partial charge in [-0.3, -0.25) is 0 Å². The molecule has 0 atom stereocenters. The van der Waals surface area contributed by atoms with Crippen LogP contribution in [-0.2, 0) is 16.4 Å². The van der Waals surface area contributed by atoms with E-state index in [1.165, 1.54) is 12.1 Å². The van der Waals surface area contributed by atoms with E-state index in [0.29, 0.717) is 6.42 Å². The lowest BCUT2D eigenvalue weighted by molar-refractivity contribution is 0.235. The second-order valence-corrected chi connectivity index (χ2v) is 7.65. The average molecular weight is 371 g/mol. The number of halogens is 2. The zero-order chi connectivity index (χ0) is 16.6. The number of sulfonamides is 1. The maximum Gasteiger partial charge on any atom is 0.335 e. The van der Waals surface area contributed by atoms with Gasteiger partial charge in [-0.15, -0.1) is 0 Å². The lowest BCUT2D eigenvalue weighted by Crippen LogP contribution is -2.45. The Morgan fingerprint density at radius 1 is 1.09 bits per heavy atom. The SMILES string of the molecule is O=C1Nc2cc(Cl)cc(Cl)c2S(=O)(=O)N1CCc1ccccc1. The predicted octanol–water partition coefficient (Wildman–Crippen LogP) is 3.77. The monoisotopic (exact) mass is 370 g/mol. The molecule has 0 saturated carbocycles. The fraction of sp³-hybridized carbons (Fsp3) is 0.133. The van der Waals surface area contributed by atoms with E-state index in [4.69, 9.17) is 23.2 Å². The van der Waals surface area contributed by atoms with Gasteiger partial charge in [0.2, 0.25) is 0 Å². The topological polar surface area (TPSA) is 66.5 Å². The first-order valence-corrected chi connectivity index (χ1v) is 8.96. The van der Waals surface area contributed by atoms with Crippen LogP contribution in [0.5, 0.6) is 0 Å². The third-order valence-electron chi connectivity index (χ3n) is 3.47. The van der Waals surface area contributed by atoms with Gasteiger partial charge < -0.3 is 5.32 Å². The molecule has 2 amide bonds. The molecule has 5 nitrogen and oxygen atoms in total. The van der Waals surface area contributed by atoms with Crippen LogP contribution in [0.2, 0.25) is 10.0 Å². The van der Waals surface area contributed by atoms with Crippen molar-refractivity contribution in [1.29, 1.82) is 0 Å². The van der Waals surface area contributed by atoms with E-state index in [-0.39, 0.29) is 27.2 Å². The molecule has 8 heteroatoms. The largest absolute Gasteiger partial charge is 0.335 e. The molecule has 0 radical (unpaired) electrons. The van der Waals surface area contributed by atoms with Crippen molar-refractivity contribution < 1.29 is 13.2 Å². The smallest absolute Gasteiger partial charge is 0.306 e. The molecular formula is C15H12Cl2N2O3S. The second kappa shape index (κ2) is 6.03. The molecule has 1 N–H and O–H groups in total. The van der Waals surface area contributed by atoms with Crippen molar-refractivity contribution in [3.8, 4) is 0 Å². The number of amides is 2. The Morgan fingerprint density at radius 3 is 2.48 bits per heavy atom. The second-order valence-electron chi connectivity index (χ2n) is 5.01. The van der Waals surface area contributed by atoms with Crippen molar-refractivity contribution in [3.05, 3.63) is 58.1 Å². The molecule has 0 fully saturated rings. The van der Waals surface area contributed by atoms with Crippen molar-refractivity contribution >= 4 is 44.9 Å². The van der Waals surface area contributed by atoms with Crippen molar-refractivity contribution in [2.24, 2.45) is 0 Å². The first kappa shape index (κ1) is 16.1. The lowest BCUT2D eigenvalue weighted by atomic mass is 10.1. The van der Waals surface area contributed by atoms with Crippen molar-refractivity contribution in [3.63, 3.8) is 0 Å². The molecule has 0 aromatic heterocycles. The van der Waals surface area contributed by atoms with Crippen LogP contribution in [0.4, 0.5) is 10.5 Å². The molecule has 1 heterocycles. The number of urea groups is 1. The first-order chi connectivity index (χ1) is 10.9. The van der Waals surface area contributed by atoms with Gasteiger partial charge in [0.1, 0.15) is 4.90 Å². The van der Waals surface area contributed by atoms with Gasteiger partial charge in [-0.1, -0.05) is 53.5 Å². The number of hydrogen-bond acceptors (Lipinski definition) is 3. The highest BCUT2D eigenvalue weighted by molar-refractivity contribution is 7.90. The predicted molar refractivity (Wildman–Crippen MR) is 89.5 cm³/mol. The zero-order valence-electron chi connectivity index (χ0n) is 11.8. The van der Waals surface area contributed by atoms with Gasteiger partial charge in [0.25, 0.3) is 10.0 Å². The molecule has 120 valence electrons. The average Bonchev–Trinajstić information content (AvgIpc) is 2.46. The van der Waals surface area contributed by atoms with Crippen LogP contribution in [0.1, 0.15) is 5.56 Å². The molecule has 0 unspecified atom stereocenters. The zero-order valence-corrected chi connectivity index (χ0v) is 14.1. The van der Waals surface area contributed by atoms with E-state index in [2.05, 4.69) is 5.32 Å². The van der Waals surface area contributed by atoms with Crippen LogP contribution < -0.4 is 5.32 Å². The van der Waals surface area contributed by atoms with E-state index in [9.17, 15) is 13.2 Å². The van der Waals surface area contributed by atoms with Crippen LogP contribution in [0.25, 0.3) is 0 Å². The van der Waals surface area contributed by atoms with Crippen molar-refractivity contribution in [2.75, 3.05) is 11.9 Å². The van der Waals surface area contributed by atoms with E-state index in [1.54, 1.807) is 0 Å². The molecule has 23 heavy (non-hydrogen) atoms. The molecular weight excluding hydrogens is 359 g/mol. The summed E-state index contributed by atoms with van der Waals surface area (Å²) in [7, 11) is -4.02. The summed E-state index contributed by atoms with van der Waals surface area (Å²) in [5, 5.41) is 2.76. The van der Waals surface area contributed by atoms with Crippen molar-refractivity contribution in [2.45, 2.75) is 11.3 Å². The van der Waals surface area contributed by atoms with Crippen molar-refractivity contribution in [1.82, 2.24) is 4.31 Å². The Bertz CT molecular complexity index is 870. The van der Waals surface area contributed by atoms with Gasteiger partial charge in [0.15, 0.2) is 0 Å². The summed E-state index contributed by atoms with van der Waals surface area (Å²) < 4.78 is 26.2. The van der Waals surface area contributed by atoms with Crippen LogP contribution in [0.3, 0.4) is 0 Å². The number of nitrogens with one attached hydrogen (secondary N) is 1. The standard InChI is InChI=1S/C15H12Cl2N2O3S/c16-11-8-12(17)14-13(9-11)18-15(20)19(23(14,21)22)7-6-10-4-2-1-3-5-10/h1-5,8-9H,6-7H2,(H,18,20). The molecule has 1 aliphatic rings. The number of hydrogen-bond donors (Lipinski definition) is 1. The number of anilines is 1. The third-order valence-corrected chi connectivity index (χ3v) is 5.98. The van der Waals surface area contributed by atoms with Crippen LogP contribution in [0, 0.1) is 0 Å². The van der Waals surface area contributed by atoms with E-state index < -0.39 is 16.1 Å². The lowest BCUT2D eigenvalue weighted by Gasteiger charge is -2.29. The summed E-state index contributed by atoms with van der Waals surface area (Å²) in [5.41, 5.74) is 1.03. The maximum atomic E-state index is 12.7. The molecule has 0 aliphatic carbocycles. The quantitative estimate of drug-likeness (QED) is 0.893. The minimum Gasteiger partial charge on any atom is -0.306 e. The highest BCUT2D eigenvalue weighted by Crippen LogP contribution is 2.38. The molecule has 1 aliphatic heterocycles. The van der Waals surface area contributed by atoms with E-state index >= 15 is 0 Å². The Hall–Kier alpha value is -1.76. The number of nitrogens with zero attached hydrogens (tertiary/aromatic N) is 1. The van der Waals surface area contributed by atoms with Gasteiger partial charge in [-0.05, 0) is 24.1 Å². The number of fused-ring (bicyclic) bond motifs is 1. The summed E-state index contributed by atoms with van der Waals surface area (Å²) in [6.45, 7) is 0.0244. The van der Waals surface area contributed by atoms with Gasteiger partial charge in [0.05, 0.1) is 10.7 Å².